The Hall–Kier alpha value is -1.68. The van der Waals surface area contributed by atoms with E-state index in [0.717, 1.165) is 25.7 Å². The second kappa shape index (κ2) is 5.59. The molecular weight excluding hydrogens is 218 g/mol. The van der Waals surface area contributed by atoms with Gasteiger partial charge in [-0.1, -0.05) is 12.1 Å². The van der Waals surface area contributed by atoms with Crippen LogP contribution in [0, 0.1) is 0 Å². The van der Waals surface area contributed by atoms with Crippen LogP contribution in [0.3, 0.4) is 0 Å². The molecule has 0 aliphatic carbocycles. The lowest BCUT2D eigenvalue weighted by molar-refractivity contribution is -0.118. The van der Waals surface area contributed by atoms with Crippen molar-refractivity contribution in [1.82, 2.24) is 0 Å². The van der Waals surface area contributed by atoms with Gasteiger partial charge in [0.15, 0.2) is 0 Å². The predicted molar refractivity (Wildman–Crippen MR) is 64.1 cm³/mol. The van der Waals surface area contributed by atoms with E-state index < -0.39 is 0 Å². The average molecular weight is 233 g/mol. The summed E-state index contributed by atoms with van der Waals surface area (Å²) in [6.45, 7) is 0.749. The molecule has 0 aromatic heterocycles. The van der Waals surface area contributed by atoms with Crippen molar-refractivity contribution in [2.75, 3.05) is 11.9 Å². The first-order valence-electron chi connectivity index (χ1n) is 5.74. The van der Waals surface area contributed by atoms with E-state index >= 15 is 0 Å². The summed E-state index contributed by atoms with van der Waals surface area (Å²) in [4.78, 5) is 22.3. The maximum absolute atomic E-state index is 11.7. The van der Waals surface area contributed by atoms with Crippen molar-refractivity contribution in [1.29, 1.82) is 0 Å². The van der Waals surface area contributed by atoms with E-state index in [9.17, 15) is 9.59 Å². The monoisotopic (exact) mass is 233 g/mol. The van der Waals surface area contributed by atoms with E-state index in [1.165, 1.54) is 0 Å². The summed E-state index contributed by atoms with van der Waals surface area (Å²) in [7, 11) is 0. The standard InChI is InChI=1S/C13H15NO3/c15-9-10-3-1-4-11(7-10)14-13(16)8-12-5-2-6-17-12/h1,3-4,7,9,12H,2,5-6,8H2,(H,14,16). The highest BCUT2D eigenvalue weighted by atomic mass is 16.5. The minimum atomic E-state index is -0.0695. The number of aldehydes is 1. The molecule has 1 aliphatic rings. The number of amides is 1. The molecule has 1 aromatic rings. The third-order valence-corrected chi connectivity index (χ3v) is 2.74. The molecule has 1 aliphatic heterocycles. The molecule has 4 nitrogen and oxygen atoms in total. The molecule has 90 valence electrons. The Morgan fingerprint density at radius 2 is 2.41 bits per heavy atom. The van der Waals surface area contributed by atoms with Gasteiger partial charge in [0.05, 0.1) is 12.5 Å². The van der Waals surface area contributed by atoms with Crippen LogP contribution in [0.5, 0.6) is 0 Å². The highest BCUT2D eigenvalue weighted by Crippen LogP contribution is 2.16. The molecule has 1 aromatic carbocycles. The van der Waals surface area contributed by atoms with E-state index in [2.05, 4.69) is 5.32 Å². The lowest BCUT2D eigenvalue weighted by Crippen LogP contribution is -2.19. The molecule has 17 heavy (non-hydrogen) atoms. The summed E-state index contributed by atoms with van der Waals surface area (Å²) in [5, 5.41) is 2.77. The molecule has 1 N–H and O–H groups in total. The number of anilines is 1. The summed E-state index contributed by atoms with van der Waals surface area (Å²) >= 11 is 0. The molecule has 1 saturated heterocycles. The number of benzene rings is 1. The van der Waals surface area contributed by atoms with E-state index in [4.69, 9.17) is 4.74 Å². The highest BCUT2D eigenvalue weighted by molar-refractivity contribution is 5.92. The van der Waals surface area contributed by atoms with E-state index in [1.807, 2.05) is 0 Å². The topological polar surface area (TPSA) is 55.4 Å². The van der Waals surface area contributed by atoms with Crippen molar-refractivity contribution in [3.05, 3.63) is 29.8 Å². The first-order valence-corrected chi connectivity index (χ1v) is 5.74. The SMILES string of the molecule is O=Cc1cccc(NC(=O)CC2CCCO2)c1. The number of ether oxygens (including phenoxy) is 1. The Bertz CT molecular complexity index is 411. The van der Waals surface area contributed by atoms with Crippen molar-refractivity contribution in [2.24, 2.45) is 0 Å². The molecule has 1 fully saturated rings. The predicted octanol–water partition coefficient (Wildman–Crippen LogP) is 2.01. The molecule has 0 saturated carbocycles. The number of carbonyl (C=O) groups excluding carboxylic acids is 2. The highest BCUT2D eigenvalue weighted by Gasteiger charge is 2.18. The lowest BCUT2D eigenvalue weighted by Gasteiger charge is -2.09. The van der Waals surface area contributed by atoms with Gasteiger partial charge in [0.2, 0.25) is 5.91 Å². The number of hydrogen-bond acceptors (Lipinski definition) is 3. The fraction of sp³-hybridized carbons (Fsp3) is 0.385. The normalized spacial score (nSPS) is 18.9. The van der Waals surface area contributed by atoms with Gasteiger partial charge in [0, 0.05) is 17.9 Å². The molecule has 0 radical (unpaired) electrons. The van der Waals surface area contributed by atoms with Gasteiger partial charge in [-0.2, -0.15) is 0 Å². The Morgan fingerprint density at radius 3 is 3.12 bits per heavy atom. The maximum Gasteiger partial charge on any atom is 0.226 e. The van der Waals surface area contributed by atoms with Crippen molar-refractivity contribution < 1.29 is 14.3 Å². The second-order valence-electron chi connectivity index (χ2n) is 4.13. The average Bonchev–Trinajstić information content (AvgIpc) is 2.82. The third kappa shape index (κ3) is 3.39. The van der Waals surface area contributed by atoms with Crippen LogP contribution < -0.4 is 5.32 Å². The van der Waals surface area contributed by atoms with Crippen LogP contribution in [0.2, 0.25) is 0 Å². The van der Waals surface area contributed by atoms with E-state index in [-0.39, 0.29) is 12.0 Å². The van der Waals surface area contributed by atoms with E-state index in [0.29, 0.717) is 17.7 Å². The third-order valence-electron chi connectivity index (χ3n) is 2.74. The molecule has 0 bridgehead atoms. The molecule has 0 spiro atoms. The van der Waals surface area contributed by atoms with Crippen LogP contribution in [0.1, 0.15) is 29.6 Å². The van der Waals surface area contributed by atoms with Gasteiger partial charge in [0.25, 0.3) is 0 Å². The summed E-state index contributed by atoms with van der Waals surface area (Å²) in [5.41, 5.74) is 1.21. The summed E-state index contributed by atoms with van der Waals surface area (Å²) < 4.78 is 5.39. The van der Waals surface area contributed by atoms with Gasteiger partial charge in [-0.25, -0.2) is 0 Å². The Kier molecular flexibility index (Phi) is 3.88. The molecule has 1 atom stereocenters. The fourth-order valence-electron chi connectivity index (χ4n) is 1.91. The van der Waals surface area contributed by atoms with Crippen LogP contribution in [0.15, 0.2) is 24.3 Å². The van der Waals surface area contributed by atoms with Crippen LogP contribution in [-0.4, -0.2) is 24.9 Å². The number of hydrogen-bond donors (Lipinski definition) is 1. The fourth-order valence-corrected chi connectivity index (χ4v) is 1.91. The summed E-state index contributed by atoms with van der Waals surface area (Å²) in [5.74, 6) is -0.0695. The quantitative estimate of drug-likeness (QED) is 0.809. The molecule has 1 heterocycles. The number of carbonyl (C=O) groups is 2. The first kappa shape index (κ1) is 11.8. The number of rotatable bonds is 4. The van der Waals surface area contributed by atoms with Crippen LogP contribution in [0.4, 0.5) is 5.69 Å². The van der Waals surface area contributed by atoms with Crippen LogP contribution in [0.25, 0.3) is 0 Å². The summed E-state index contributed by atoms with van der Waals surface area (Å²) in [6.07, 6.45) is 3.16. The van der Waals surface area contributed by atoms with Crippen LogP contribution >= 0.6 is 0 Å². The smallest absolute Gasteiger partial charge is 0.226 e. The molecule has 1 amide bonds. The van der Waals surface area contributed by atoms with Gasteiger partial charge in [-0.3, -0.25) is 9.59 Å². The number of nitrogens with one attached hydrogen (secondary N) is 1. The molecular formula is C13H15NO3. The molecule has 1 unspecified atom stereocenters. The zero-order valence-corrected chi connectivity index (χ0v) is 9.52. The zero-order valence-electron chi connectivity index (χ0n) is 9.52. The van der Waals surface area contributed by atoms with Gasteiger partial charge >= 0.3 is 0 Å². The van der Waals surface area contributed by atoms with Gasteiger partial charge in [-0.05, 0) is 25.0 Å². The van der Waals surface area contributed by atoms with Gasteiger partial charge in [-0.15, -0.1) is 0 Å². The largest absolute Gasteiger partial charge is 0.378 e. The van der Waals surface area contributed by atoms with Crippen LogP contribution in [-0.2, 0) is 9.53 Å². The van der Waals surface area contributed by atoms with Crippen molar-refractivity contribution >= 4 is 17.9 Å². The van der Waals surface area contributed by atoms with Crippen molar-refractivity contribution in [3.8, 4) is 0 Å². The second-order valence-corrected chi connectivity index (χ2v) is 4.13. The Morgan fingerprint density at radius 1 is 1.53 bits per heavy atom. The maximum atomic E-state index is 11.7. The molecule has 2 rings (SSSR count). The van der Waals surface area contributed by atoms with Gasteiger partial charge in [0.1, 0.15) is 6.29 Å². The summed E-state index contributed by atoms with van der Waals surface area (Å²) in [6, 6.07) is 6.86. The van der Waals surface area contributed by atoms with Crippen molar-refractivity contribution in [2.45, 2.75) is 25.4 Å². The Balaban J connectivity index is 1.90. The lowest BCUT2D eigenvalue weighted by atomic mass is 10.1. The van der Waals surface area contributed by atoms with Gasteiger partial charge < -0.3 is 10.1 Å². The zero-order chi connectivity index (χ0) is 12.1. The minimum Gasteiger partial charge on any atom is -0.378 e. The Labute approximate surface area is 100.0 Å². The van der Waals surface area contributed by atoms with Crippen molar-refractivity contribution in [3.63, 3.8) is 0 Å². The first-order chi connectivity index (χ1) is 8.28. The minimum absolute atomic E-state index is 0.0456. The molecule has 4 heteroatoms. The van der Waals surface area contributed by atoms with E-state index in [1.54, 1.807) is 24.3 Å².